The Bertz CT molecular complexity index is 581. The third-order valence-electron chi connectivity index (χ3n) is 3.84. The topological polar surface area (TPSA) is 112 Å². The van der Waals surface area contributed by atoms with Crippen LogP contribution in [0.3, 0.4) is 0 Å². The summed E-state index contributed by atoms with van der Waals surface area (Å²) in [6, 6.07) is -0.135. The summed E-state index contributed by atoms with van der Waals surface area (Å²) in [6.45, 7) is 2.04. The SMILES string of the molecule is CCC1CCCCC1NS(=O)(=O)c1[nH]ncc1C(=O)O. The van der Waals surface area contributed by atoms with Crippen LogP contribution in [0.4, 0.5) is 0 Å². The summed E-state index contributed by atoms with van der Waals surface area (Å²) < 4.78 is 27.2. The third-order valence-corrected chi connectivity index (χ3v) is 5.31. The fourth-order valence-electron chi connectivity index (χ4n) is 2.74. The fourth-order valence-corrected chi connectivity index (χ4v) is 4.17. The molecular weight excluding hydrogens is 282 g/mol. The van der Waals surface area contributed by atoms with Gasteiger partial charge < -0.3 is 5.11 Å². The highest BCUT2D eigenvalue weighted by atomic mass is 32.2. The molecule has 2 atom stereocenters. The molecule has 1 aliphatic carbocycles. The van der Waals surface area contributed by atoms with E-state index in [1.807, 2.05) is 6.92 Å². The van der Waals surface area contributed by atoms with Crippen LogP contribution in [0.5, 0.6) is 0 Å². The molecule has 0 spiro atoms. The zero-order valence-corrected chi connectivity index (χ0v) is 12.1. The minimum Gasteiger partial charge on any atom is -0.478 e. The molecular formula is C12H19N3O4S. The van der Waals surface area contributed by atoms with Gasteiger partial charge in [0.15, 0.2) is 5.03 Å². The molecule has 0 aliphatic heterocycles. The summed E-state index contributed by atoms with van der Waals surface area (Å²) >= 11 is 0. The van der Waals surface area contributed by atoms with Gasteiger partial charge in [-0.25, -0.2) is 17.9 Å². The van der Waals surface area contributed by atoms with Gasteiger partial charge in [-0.05, 0) is 18.8 Å². The lowest BCUT2D eigenvalue weighted by molar-refractivity contribution is 0.0692. The van der Waals surface area contributed by atoms with Crippen LogP contribution in [0.2, 0.25) is 0 Å². The molecule has 3 N–H and O–H groups in total. The van der Waals surface area contributed by atoms with E-state index in [2.05, 4.69) is 14.9 Å². The molecule has 1 saturated carbocycles. The summed E-state index contributed by atoms with van der Waals surface area (Å²) in [5.74, 6) is -1.01. The van der Waals surface area contributed by atoms with Crippen molar-refractivity contribution in [3.63, 3.8) is 0 Å². The summed E-state index contributed by atoms with van der Waals surface area (Å²) in [5, 5.41) is 14.4. The van der Waals surface area contributed by atoms with E-state index in [4.69, 9.17) is 5.11 Å². The number of nitrogens with zero attached hydrogens (tertiary/aromatic N) is 1. The second-order valence-electron chi connectivity index (χ2n) is 5.10. The van der Waals surface area contributed by atoms with E-state index in [9.17, 15) is 13.2 Å². The Balaban J connectivity index is 2.22. The summed E-state index contributed by atoms with van der Waals surface area (Å²) in [7, 11) is -3.88. The Labute approximate surface area is 117 Å². The van der Waals surface area contributed by atoms with Crippen LogP contribution >= 0.6 is 0 Å². The molecule has 2 unspecified atom stereocenters. The number of carboxylic acid groups (broad SMARTS) is 1. The van der Waals surface area contributed by atoms with Crippen LogP contribution < -0.4 is 4.72 Å². The van der Waals surface area contributed by atoms with Gasteiger partial charge in [0.2, 0.25) is 0 Å². The molecule has 1 fully saturated rings. The van der Waals surface area contributed by atoms with E-state index in [0.717, 1.165) is 38.3 Å². The lowest BCUT2D eigenvalue weighted by Gasteiger charge is -2.31. The van der Waals surface area contributed by atoms with Crippen LogP contribution in [0, 0.1) is 5.92 Å². The van der Waals surface area contributed by atoms with Crippen LogP contribution in [0.15, 0.2) is 11.2 Å². The fraction of sp³-hybridized carbons (Fsp3) is 0.667. The lowest BCUT2D eigenvalue weighted by atomic mass is 9.83. The molecule has 2 rings (SSSR count). The maximum absolute atomic E-state index is 12.3. The van der Waals surface area contributed by atoms with E-state index in [1.165, 1.54) is 0 Å². The molecule has 1 heterocycles. The first kappa shape index (κ1) is 15.0. The maximum atomic E-state index is 12.3. The van der Waals surface area contributed by atoms with Gasteiger partial charge >= 0.3 is 5.97 Å². The largest absolute Gasteiger partial charge is 0.478 e. The minimum absolute atomic E-state index is 0.135. The van der Waals surface area contributed by atoms with Gasteiger partial charge in [-0.1, -0.05) is 26.2 Å². The number of sulfonamides is 1. The van der Waals surface area contributed by atoms with Crippen LogP contribution in [-0.2, 0) is 10.0 Å². The average Bonchev–Trinajstić information content (AvgIpc) is 2.89. The molecule has 0 radical (unpaired) electrons. The number of aromatic carboxylic acids is 1. The molecule has 1 aromatic heterocycles. The van der Waals surface area contributed by atoms with Crippen molar-refractivity contribution in [1.29, 1.82) is 0 Å². The maximum Gasteiger partial charge on any atom is 0.340 e. The number of aromatic amines is 1. The number of hydrogen-bond donors (Lipinski definition) is 3. The van der Waals surface area contributed by atoms with E-state index < -0.39 is 16.0 Å². The second-order valence-corrected chi connectivity index (χ2v) is 6.75. The molecule has 0 aromatic carbocycles. The molecule has 8 heteroatoms. The Morgan fingerprint density at radius 2 is 2.20 bits per heavy atom. The van der Waals surface area contributed by atoms with E-state index >= 15 is 0 Å². The number of nitrogens with one attached hydrogen (secondary N) is 2. The standard InChI is InChI=1S/C12H19N3O4S/c1-2-8-5-3-4-6-10(8)15-20(18,19)11-9(12(16)17)7-13-14-11/h7-8,10,15H,2-6H2,1H3,(H,13,14)(H,16,17). The van der Waals surface area contributed by atoms with Gasteiger partial charge in [-0.2, -0.15) is 5.10 Å². The highest BCUT2D eigenvalue weighted by molar-refractivity contribution is 7.89. The first-order valence-electron chi connectivity index (χ1n) is 6.74. The van der Waals surface area contributed by atoms with Crippen molar-refractivity contribution in [1.82, 2.24) is 14.9 Å². The Kier molecular flexibility index (Phi) is 4.44. The molecule has 20 heavy (non-hydrogen) atoms. The minimum atomic E-state index is -3.88. The van der Waals surface area contributed by atoms with Gasteiger partial charge in [-0.15, -0.1) is 0 Å². The van der Waals surface area contributed by atoms with Gasteiger partial charge in [0.1, 0.15) is 5.56 Å². The number of carbonyl (C=O) groups is 1. The smallest absolute Gasteiger partial charge is 0.340 e. The molecule has 1 aromatic rings. The van der Waals surface area contributed by atoms with Crippen molar-refractivity contribution in [3.8, 4) is 0 Å². The number of H-pyrrole nitrogens is 1. The Morgan fingerprint density at radius 1 is 1.50 bits per heavy atom. The number of aromatic nitrogens is 2. The van der Waals surface area contributed by atoms with Gasteiger partial charge in [0.25, 0.3) is 10.0 Å². The van der Waals surface area contributed by atoms with Gasteiger partial charge in [0.05, 0.1) is 6.20 Å². The first-order chi connectivity index (χ1) is 9.45. The van der Waals surface area contributed by atoms with Crippen molar-refractivity contribution < 1.29 is 18.3 Å². The molecule has 1 aliphatic rings. The monoisotopic (exact) mass is 301 g/mol. The molecule has 0 bridgehead atoms. The number of rotatable bonds is 5. The predicted octanol–water partition coefficient (Wildman–Crippen LogP) is 1.35. The zero-order valence-electron chi connectivity index (χ0n) is 11.3. The lowest BCUT2D eigenvalue weighted by Crippen LogP contribution is -2.42. The van der Waals surface area contributed by atoms with E-state index in [0.29, 0.717) is 5.92 Å². The van der Waals surface area contributed by atoms with E-state index in [-0.39, 0.29) is 16.6 Å². The normalized spacial score (nSPS) is 23.6. The highest BCUT2D eigenvalue weighted by Gasteiger charge is 2.31. The summed E-state index contributed by atoms with van der Waals surface area (Å²) in [5.41, 5.74) is -0.332. The summed E-state index contributed by atoms with van der Waals surface area (Å²) in [4.78, 5) is 11.0. The van der Waals surface area contributed by atoms with Crippen molar-refractivity contribution in [2.24, 2.45) is 5.92 Å². The zero-order chi connectivity index (χ0) is 14.8. The Morgan fingerprint density at radius 3 is 2.85 bits per heavy atom. The molecule has 0 amide bonds. The second kappa shape index (κ2) is 5.92. The van der Waals surface area contributed by atoms with Crippen molar-refractivity contribution in [3.05, 3.63) is 11.8 Å². The Hall–Kier alpha value is -1.41. The van der Waals surface area contributed by atoms with Crippen molar-refractivity contribution in [2.45, 2.75) is 50.1 Å². The molecule has 0 saturated heterocycles. The third kappa shape index (κ3) is 3.01. The van der Waals surface area contributed by atoms with Gasteiger partial charge in [-0.3, -0.25) is 5.10 Å². The van der Waals surface area contributed by atoms with Crippen molar-refractivity contribution in [2.75, 3.05) is 0 Å². The summed E-state index contributed by atoms with van der Waals surface area (Å²) in [6.07, 6.45) is 5.80. The molecule has 112 valence electrons. The van der Waals surface area contributed by atoms with E-state index in [1.54, 1.807) is 0 Å². The molecule has 7 nitrogen and oxygen atoms in total. The first-order valence-corrected chi connectivity index (χ1v) is 8.23. The average molecular weight is 301 g/mol. The predicted molar refractivity (Wildman–Crippen MR) is 71.9 cm³/mol. The van der Waals surface area contributed by atoms with Crippen LogP contribution in [0.1, 0.15) is 49.4 Å². The number of hydrogen-bond acceptors (Lipinski definition) is 4. The van der Waals surface area contributed by atoms with Crippen molar-refractivity contribution >= 4 is 16.0 Å². The highest BCUT2D eigenvalue weighted by Crippen LogP contribution is 2.28. The van der Waals surface area contributed by atoms with Crippen LogP contribution in [-0.4, -0.2) is 35.7 Å². The quantitative estimate of drug-likeness (QED) is 0.760. The van der Waals surface area contributed by atoms with Gasteiger partial charge in [0, 0.05) is 6.04 Å². The van der Waals surface area contributed by atoms with Crippen LogP contribution in [0.25, 0.3) is 0 Å². The number of carboxylic acids is 1.